The highest BCUT2D eigenvalue weighted by Gasteiger charge is 1.91. The quantitative estimate of drug-likeness (QED) is 0.514. The van der Waals surface area contributed by atoms with Crippen LogP contribution in [-0.4, -0.2) is 52.0 Å². The van der Waals surface area contributed by atoms with Crippen molar-refractivity contribution in [2.24, 2.45) is 0 Å². The number of ether oxygens (including phenoxy) is 2. The van der Waals surface area contributed by atoms with E-state index in [4.69, 9.17) is 9.47 Å². The molecule has 0 atom stereocenters. The van der Waals surface area contributed by atoms with Crippen molar-refractivity contribution in [2.45, 2.75) is 13.3 Å². The van der Waals surface area contributed by atoms with E-state index in [0.29, 0.717) is 0 Å². The Kier molecular flexibility index (Phi) is 8.88. The Balaban J connectivity index is 2.82. The smallest absolute Gasteiger partial charge is 0.0700 e. The minimum absolute atomic E-state index is 0.721. The fourth-order valence-electron chi connectivity index (χ4n) is 0.847. The van der Waals surface area contributed by atoms with Gasteiger partial charge in [0.05, 0.1) is 13.2 Å². The predicted molar refractivity (Wildman–Crippen MR) is 50.5 cm³/mol. The summed E-state index contributed by atoms with van der Waals surface area (Å²) in [7, 11) is 4.14. The molecule has 3 nitrogen and oxygen atoms in total. The van der Waals surface area contributed by atoms with E-state index < -0.39 is 0 Å². The van der Waals surface area contributed by atoms with Crippen molar-refractivity contribution in [1.29, 1.82) is 0 Å². The van der Waals surface area contributed by atoms with Crippen molar-refractivity contribution in [1.82, 2.24) is 4.90 Å². The zero-order chi connectivity index (χ0) is 9.23. The van der Waals surface area contributed by atoms with E-state index in [9.17, 15) is 0 Å². The summed E-state index contributed by atoms with van der Waals surface area (Å²) in [5, 5.41) is 0. The van der Waals surface area contributed by atoms with E-state index in [1.165, 1.54) is 0 Å². The highest BCUT2D eigenvalue weighted by atomic mass is 16.5. The Morgan fingerprint density at radius 2 is 1.67 bits per heavy atom. The Labute approximate surface area is 75.6 Å². The molecule has 0 aromatic rings. The number of hydrogen-bond acceptors (Lipinski definition) is 3. The van der Waals surface area contributed by atoms with Crippen LogP contribution in [-0.2, 0) is 9.47 Å². The lowest BCUT2D eigenvalue weighted by Crippen LogP contribution is -2.15. The first-order valence-electron chi connectivity index (χ1n) is 4.57. The summed E-state index contributed by atoms with van der Waals surface area (Å²) in [5.41, 5.74) is 0. The average molecular weight is 175 g/mol. The second-order valence-corrected chi connectivity index (χ2v) is 2.97. The molecule has 0 aliphatic heterocycles. The van der Waals surface area contributed by atoms with Gasteiger partial charge in [-0.15, -0.1) is 0 Å². The van der Waals surface area contributed by atoms with Crippen molar-refractivity contribution >= 4 is 0 Å². The maximum atomic E-state index is 5.33. The Hall–Kier alpha value is -0.120. The maximum Gasteiger partial charge on any atom is 0.0700 e. The summed E-state index contributed by atoms with van der Waals surface area (Å²) in [6, 6.07) is 0. The van der Waals surface area contributed by atoms with Gasteiger partial charge in [0.25, 0.3) is 0 Å². The number of nitrogens with zero attached hydrogens (tertiary/aromatic N) is 1. The third kappa shape index (κ3) is 9.88. The minimum atomic E-state index is 0.721. The standard InChI is InChI=1S/C9H21NO2/c1-4-11-8-9-12-7-5-6-10(2)3/h4-9H2,1-3H3. The van der Waals surface area contributed by atoms with E-state index in [2.05, 4.69) is 19.0 Å². The van der Waals surface area contributed by atoms with Crippen LogP contribution in [0.3, 0.4) is 0 Å². The largest absolute Gasteiger partial charge is 0.379 e. The van der Waals surface area contributed by atoms with E-state index in [0.717, 1.165) is 39.4 Å². The van der Waals surface area contributed by atoms with Gasteiger partial charge in [0.1, 0.15) is 0 Å². The molecule has 12 heavy (non-hydrogen) atoms. The lowest BCUT2D eigenvalue weighted by atomic mass is 10.4. The molecule has 0 aromatic heterocycles. The molecule has 0 fully saturated rings. The van der Waals surface area contributed by atoms with Crippen molar-refractivity contribution in [3.05, 3.63) is 0 Å². The van der Waals surface area contributed by atoms with Gasteiger partial charge in [0.15, 0.2) is 0 Å². The van der Waals surface area contributed by atoms with Crippen LogP contribution in [0.15, 0.2) is 0 Å². The first-order valence-corrected chi connectivity index (χ1v) is 4.57. The second kappa shape index (κ2) is 8.97. The zero-order valence-electron chi connectivity index (χ0n) is 8.51. The van der Waals surface area contributed by atoms with Crippen molar-refractivity contribution < 1.29 is 9.47 Å². The Bertz CT molecular complexity index is 86.6. The van der Waals surface area contributed by atoms with Crippen LogP contribution in [0.1, 0.15) is 13.3 Å². The number of hydrogen-bond donors (Lipinski definition) is 0. The van der Waals surface area contributed by atoms with Gasteiger partial charge in [-0.2, -0.15) is 0 Å². The van der Waals surface area contributed by atoms with Gasteiger partial charge in [-0.25, -0.2) is 0 Å². The predicted octanol–water partition coefficient (Wildman–Crippen LogP) is 0.991. The van der Waals surface area contributed by atoms with Gasteiger partial charge >= 0.3 is 0 Å². The van der Waals surface area contributed by atoms with Crippen molar-refractivity contribution in [3.8, 4) is 0 Å². The molecule has 74 valence electrons. The van der Waals surface area contributed by atoms with Gasteiger partial charge in [0, 0.05) is 13.2 Å². The van der Waals surface area contributed by atoms with Crippen LogP contribution < -0.4 is 0 Å². The van der Waals surface area contributed by atoms with Crippen LogP contribution in [0.5, 0.6) is 0 Å². The number of rotatable bonds is 8. The normalized spacial score (nSPS) is 11.0. The third-order valence-electron chi connectivity index (χ3n) is 1.47. The minimum Gasteiger partial charge on any atom is -0.379 e. The molecule has 0 unspecified atom stereocenters. The summed E-state index contributed by atoms with van der Waals surface area (Å²) in [6.45, 7) is 6.15. The maximum absolute atomic E-state index is 5.33. The lowest BCUT2D eigenvalue weighted by Gasteiger charge is -2.09. The van der Waals surface area contributed by atoms with Crippen LogP contribution >= 0.6 is 0 Å². The van der Waals surface area contributed by atoms with Crippen LogP contribution in [0, 0.1) is 0 Å². The molecule has 0 bridgehead atoms. The topological polar surface area (TPSA) is 21.7 Å². The Morgan fingerprint density at radius 3 is 2.25 bits per heavy atom. The zero-order valence-corrected chi connectivity index (χ0v) is 8.51. The lowest BCUT2D eigenvalue weighted by molar-refractivity contribution is 0.0502. The summed E-state index contributed by atoms with van der Waals surface area (Å²) in [5.74, 6) is 0. The molecule has 0 heterocycles. The van der Waals surface area contributed by atoms with Gasteiger partial charge in [-0.3, -0.25) is 0 Å². The molecule has 3 heteroatoms. The highest BCUT2D eigenvalue weighted by molar-refractivity contribution is 4.42. The molecule has 0 saturated carbocycles. The second-order valence-electron chi connectivity index (χ2n) is 2.97. The van der Waals surface area contributed by atoms with E-state index in [-0.39, 0.29) is 0 Å². The highest BCUT2D eigenvalue weighted by Crippen LogP contribution is 1.85. The summed E-state index contributed by atoms with van der Waals surface area (Å²) < 4.78 is 10.5. The van der Waals surface area contributed by atoms with Crippen LogP contribution in [0.4, 0.5) is 0 Å². The summed E-state index contributed by atoms with van der Waals surface area (Å²) in [6.07, 6.45) is 1.10. The molecule has 0 spiro atoms. The van der Waals surface area contributed by atoms with Gasteiger partial charge in [-0.05, 0) is 34.0 Å². The first kappa shape index (κ1) is 11.9. The van der Waals surface area contributed by atoms with E-state index in [1.54, 1.807) is 0 Å². The summed E-state index contributed by atoms with van der Waals surface area (Å²) >= 11 is 0. The van der Waals surface area contributed by atoms with Crippen molar-refractivity contribution in [3.63, 3.8) is 0 Å². The average Bonchev–Trinajstić information content (AvgIpc) is 2.02. The molecule has 0 amide bonds. The third-order valence-corrected chi connectivity index (χ3v) is 1.47. The molecule has 0 aromatic carbocycles. The molecule has 0 N–H and O–H groups in total. The molecule has 0 rings (SSSR count). The Morgan fingerprint density at radius 1 is 1.00 bits per heavy atom. The fourth-order valence-corrected chi connectivity index (χ4v) is 0.847. The van der Waals surface area contributed by atoms with Crippen LogP contribution in [0.25, 0.3) is 0 Å². The first-order chi connectivity index (χ1) is 5.77. The van der Waals surface area contributed by atoms with Gasteiger partial charge in [-0.1, -0.05) is 0 Å². The van der Waals surface area contributed by atoms with Crippen molar-refractivity contribution in [2.75, 3.05) is 47.1 Å². The van der Waals surface area contributed by atoms with E-state index >= 15 is 0 Å². The van der Waals surface area contributed by atoms with E-state index in [1.807, 2.05) is 6.92 Å². The molecule has 0 aliphatic rings. The van der Waals surface area contributed by atoms with Gasteiger partial charge in [0.2, 0.25) is 0 Å². The molecular weight excluding hydrogens is 154 g/mol. The van der Waals surface area contributed by atoms with Crippen LogP contribution in [0.2, 0.25) is 0 Å². The molecule has 0 saturated heterocycles. The van der Waals surface area contributed by atoms with Gasteiger partial charge < -0.3 is 14.4 Å². The molecule has 0 aliphatic carbocycles. The summed E-state index contributed by atoms with van der Waals surface area (Å²) in [4.78, 5) is 2.16. The monoisotopic (exact) mass is 175 g/mol. The molecule has 0 radical (unpaired) electrons. The SMILES string of the molecule is CCOCCOCCCN(C)C. The fraction of sp³-hybridized carbons (Fsp3) is 1.00. The molecular formula is C9H21NO2.